The molecule has 2 heterocycles. The van der Waals surface area contributed by atoms with Crippen molar-refractivity contribution in [3.8, 4) is 23.0 Å². The van der Waals surface area contributed by atoms with Gasteiger partial charge in [-0.05, 0) is 35.4 Å². The van der Waals surface area contributed by atoms with Gasteiger partial charge in [0.25, 0.3) is 0 Å². The molecule has 39 heavy (non-hydrogen) atoms. The summed E-state index contributed by atoms with van der Waals surface area (Å²) in [6.45, 7) is -0.638. The van der Waals surface area contributed by atoms with Crippen molar-refractivity contribution in [3.63, 3.8) is 0 Å². The van der Waals surface area contributed by atoms with Crippen LogP contribution in [0.1, 0.15) is 23.3 Å². The number of aliphatic hydroxyl groups is 6. The fourth-order valence-electron chi connectivity index (χ4n) is 5.12. The van der Waals surface area contributed by atoms with Crippen molar-refractivity contribution in [1.29, 1.82) is 0 Å². The van der Waals surface area contributed by atoms with Crippen molar-refractivity contribution in [3.05, 3.63) is 47.5 Å². The van der Waals surface area contributed by atoms with Crippen LogP contribution in [-0.4, -0.2) is 102 Å². The van der Waals surface area contributed by atoms with Crippen molar-refractivity contribution in [1.82, 2.24) is 0 Å². The minimum atomic E-state index is -1.59. The molecule has 12 heteroatoms. The fraction of sp³-hybridized carbons (Fsp3) is 0.556. The van der Waals surface area contributed by atoms with Crippen LogP contribution in [-0.2, 0) is 9.47 Å². The van der Waals surface area contributed by atoms with Crippen LogP contribution in [0, 0.1) is 11.8 Å². The zero-order valence-corrected chi connectivity index (χ0v) is 21.9. The highest BCUT2D eigenvalue weighted by Crippen LogP contribution is 2.46. The molecule has 2 saturated heterocycles. The molecule has 0 aliphatic carbocycles. The zero-order valence-electron chi connectivity index (χ0n) is 21.9. The quantitative estimate of drug-likeness (QED) is 0.231. The topological polar surface area (TPSA) is 177 Å². The highest BCUT2D eigenvalue weighted by molar-refractivity contribution is 5.45. The van der Waals surface area contributed by atoms with E-state index in [9.17, 15) is 30.6 Å². The van der Waals surface area contributed by atoms with Crippen LogP contribution in [0.2, 0.25) is 0 Å². The van der Waals surface area contributed by atoms with E-state index in [0.717, 1.165) is 0 Å². The summed E-state index contributed by atoms with van der Waals surface area (Å²) in [5.41, 5.74) is 1.26. The van der Waals surface area contributed by atoms with E-state index in [1.54, 1.807) is 36.4 Å². The van der Waals surface area contributed by atoms with Gasteiger partial charge in [-0.1, -0.05) is 12.1 Å². The lowest BCUT2D eigenvalue weighted by Crippen LogP contribution is -2.60. The number of benzene rings is 2. The normalized spacial score (nSPS) is 31.5. The lowest BCUT2D eigenvalue weighted by molar-refractivity contribution is -0.277. The Morgan fingerprint density at radius 1 is 0.821 bits per heavy atom. The third-order valence-electron chi connectivity index (χ3n) is 7.38. The van der Waals surface area contributed by atoms with Crippen molar-refractivity contribution in [2.75, 3.05) is 41.2 Å². The molecule has 0 saturated carbocycles. The van der Waals surface area contributed by atoms with E-state index in [1.165, 1.54) is 21.3 Å². The predicted molar refractivity (Wildman–Crippen MR) is 135 cm³/mol. The Morgan fingerprint density at radius 3 is 2.13 bits per heavy atom. The number of rotatable bonds is 10. The summed E-state index contributed by atoms with van der Waals surface area (Å²) >= 11 is 0. The van der Waals surface area contributed by atoms with Crippen LogP contribution < -0.4 is 18.9 Å². The third kappa shape index (κ3) is 5.79. The molecule has 2 fully saturated rings. The molecule has 0 unspecified atom stereocenters. The summed E-state index contributed by atoms with van der Waals surface area (Å²) in [5.74, 6) is 0.569. The average Bonchev–Trinajstić information content (AvgIpc) is 3.40. The highest BCUT2D eigenvalue weighted by atomic mass is 16.7. The van der Waals surface area contributed by atoms with Crippen LogP contribution in [0.25, 0.3) is 0 Å². The summed E-state index contributed by atoms with van der Waals surface area (Å²) in [6.07, 6.45) is -8.68. The van der Waals surface area contributed by atoms with Gasteiger partial charge in [0.1, 0.15) is 24.4 Å². The van der Waals surface area contributed by atoms with Crippen molar-refractivity contribution < 1.29 is 59.1 Å². The maximum atomic E-state index is 11.2. The molecule has 2 aliphatic rings. The van der Waals surface area contributed by atoms with E-state index >= 15 is 0 Å². The monoisotopic (exact) mass is 552 g/mol. The van der Waals surface area contributed by atoms with E-state index in [1.807, 2.05) is 0 Å². The minimum absolute atomic E-state index is 0.172. The van der Waals surface area contributed by atoms with Gasteiger partial charge in [0.15, 0.2) is 23.0 Å². The minimum Gasteiger partial charge on any atom is -0.493 e. The second-order valence-corrected chi connectivity index (χ2v) is 9.55. The lowest BCUT2D eigenvalue weighted by Gasteiger charge is -2.39. The standard InChI is InChI=1S/C27H36O12/c1-34-17-6-4-13(8-19(17)35-2)22(30)16-12-37-26(15(16)10-28)14-5-7-18(20(9-14)36-3)38-27-25(33)24(32)23(31)21(11-29)39-27/h4-9,15-16,21-33H,10-12H2,1-3H3/t15-,16+,21+,22+,23-,24+,25+,26+,27-/m0/s1. The Balaban J connectivity index is 1.52. The first-order chi connectivity index (χ1) is 18.8. The zero-order chi connectivity index (χ0) is 28.3. The predicted octanol–water partition coefficient (Wildman–Crippen LogP) is -0.0793. The van der Waals surface area contributed by atoms with Gasteiger partial charge in [0.05, 0.1) is 46.8 Å². The van der Waals surface area contributed by atoms with Gasteiger partial charge < -0.3 is 59.1 Å². The van der Waals surface area contributed by atoms with Crippen LogP contribution in [0.15, 0.2) is 36.4 Å². The number of ether oxygens (including phenoxy) is 6. The largest absolute Gasteiger partial charge is 0.493 e. The number of methoxy groups -OCH3 is 3. The first-order valence-corrected chi connectivity index (χ1v) is 12.5. The Hall–Kier alpha value is -2.68. The number of hydrogen-bond acceptors (Lipinski definition) is 12. The Bertz CT molecular complexity index is 1090. The van der Waals surface area contributed by atoms with Crippen molar-refractivity contribution >= 4 is 0 Å². The molecular weight excluding hydrogens is 516 g/mol. The van der Waals surface area contributed by atoms with Gasteiger partial charge in [-0.3, -0.25) is 0 Å². The molecule has 0 bridgehead atoms. The van der Waals surface area contributed by atoms with Crippen molar-refractivity contribution in [2.24, 2.45) is 11.8 Å². The van der Waals surface area contributed by atoms with Gasteiger partial charge in [-0.15, -0.1) is 0 Å². The van der Waals surface area contributed by atoms with E-state index in [0.29, 0.717) is 22.6 Å². The first-order valence-electron chi connectivity index (χ1n) is 12.5. The molecule has 0 spiro atoms. The van der Waals surface area contributed by atoms with Crippen LogP contribution in [0.5, 0.6) is 23.0 Å². The SMILES string of the molecule is COc1ccc([C@@H](O)[C@@H]2CO[C@H](c3ccc(O[C@H]4O[C@H](CO)[C@H](O)[C@@H](O)[C@H]4O)c(OC)c3)[C@H]2CO)cc1OC. The highest BCUT2D eigenvalue weighted by Gasteiger charge is 2.45. The van der Waals surface area contributed by atoms with Gasteiger partial charge in [-0.2, -0.15) is 0 Å². The van der Waals surface area contributed by atoms with Gasteiger partial charge >= 0.3 is 0 Å². The van der Waals surface area contributed by atoms with Gasteiger partial charge in [-0.25, -0.2) is 0 Å². The third-order valence-corrected chi connectivity index (χ3v) is 7.38. The molecule has 0 radical (unpaired) electrons. The Kier molecular flexibility index (Phi) is 9.51. The van der Waals surface area contributed by atoms with Gasteiger partial charge in [0.2, 0.25) is 6.29 Å². The summed E-state index contributed by atoms with van der Waals surface area (Å²) in [4.78, 5) is 0. The first kappa shape index (κ1) is 29.3. The van der Waals surface area contributed by atoms with Crippen LogP contribution in [0.3, 0.4) is 0 Å². The summed E-state index contributed by atoms with van der Waals surface area (Å²) < 4.78 is 33.3. The molecule has 216 valence electrons. The van der Waals surface area contributed by atoms with E-state index < -0.39 is 61.4 Å². The number of aliphatic hydroxyl groups excluding tert-OH is 6. The summed E-state index contributed by atoms with van der Waals surface area (Å²) in [7, 11) is 4.46. The van der Waals surface area contributed by atoms with Crippen molar-refractivity contribution in [2.45, 2.75) is 42.9 Å². The van der Waals surface area contributed by atoms with E-state index in [2.05, 4.69) is 0 Å². The molecule has 12 nitrogen and oxygen atoms in total. The summed E-state index contributed by atoms with van der Waals surface area (Å²) in [6, 6.07) is 10.0. The second-order valence-electron chi connectivity index (χ2n) is 9.55. The second kappa shape index (κ2) is 12.7. The molecule has 0 amide bonds. The maximum absolute atomic E-state index is 11.2. The smallest absolute Gasteiger partial charge is 0.229 e. The Labute approximate surface area is 225 Å². The number of hydrogen-bond donors (Lipinski definition) is 6. The fourth-order valence-corrected chi connectivity index (χ4v) is 5.12. The molecular formula is C27H36O12. The maximum Gasteiger partial charge on any atom is 0.229 e. The molecule has 2 aromatic carbocycles. The Morgan fingerprint density at radius 2 is 1.49 bits per heavy atom. The summed E-state index contributed by atoms with van der Waals surface area (Å²) in [5, 5.41) is 61.2. The molecule has 2 aromatic rings. The molecule has 9 atom stereocenters. The molecule has 6 N–H and O–H groups in total. The molecule has 0 aromatic heterocycles. The van der Waals surface area contributed by atoms with Crippen LogP contribution >= 0.6 is 0 Å². The van der Waals surface area contributed by atoms with Gasteiger partial charge in [0, 0.05) is 18.4 Å². The molecule has 2 aliphatic heterocycles. The average molecular weight is 553 g/mol. The van der Waals surface area contributed by atoms with E-state index in [4.69, 9.17) is 28.4 Å². The molecule has 4 rings (SSSR count). The lowest BCUT2D eigenvalue weighted by atomic mass is 9.82. The van der Waals surface area contributed by atoms with E-state index in [-0.39, 0.29) is 24.7 Å². The van der Waals surface area contributed by atoms with Crippen LogP contribution in [0.4, 0.5) is 0 Å².